The summed E-state index contributed by atoms with van der Waals surface area (Å²) in [6.07, 6.45) is 6.39. The quantitative estimate of drug-likeness (QED) is 0.0354. The lowest BCUT2D eigenvalue weighted by molar-refractivity contribution is -0.121. The SMILES string of the molecule is CC(=O)Nc1nc(C)c(CCC(=O)N2CC(=O)Nc3ccccc32)c(=O)[nH]1.CSc1nc(C)c(CCC(=O)N(C)c2ccccc2)c(=O)[nH]1.CSc1nc(C)c(CCC(=O)N(C)c2ccccc2)c(N(C)C)n1.Cc1nc(N(C)C)[nH]c(=O)c1CCC(=O)N(C)c1ccccc1. The number of hydrogen-bond acceptors (Lipinski definition) is 18. The Morgan fingerprint density at radius 2 is 0.917 bits per heavy atom. The van der Waals surface area contributed by atoms with Crippen molar-refractivity contribution in [2.45, 2.75) is 96.3 Å². The zero-order valence-electron chi connectivity index (χ0n) is 56.7. The van der Waals surface area contributed by atoms with Crippen LogP contribution >= 0.6 is 23.5 Å². The van der Waals surface area contributed by atoms with E-state index in [1.165, 1.54) is 35.3 Å². The van der Waals surface area contributed by atoms with Gasteiger partial charge in [-0.3, -0.25) is 58.4 Å². The zero-order chi connectivity index (χ0) is 70.3. The largest absolute Gasteiger partial charge is 0.362 e. The van der Waals surface area contributed by atoms with Gasteiger partial charge < -0.3 is 39.7 Å². The second-order valence-corrected chi connectivity index (χ2v) is 24.1. The van der Waals surface area contributed by atoms with Crippen LogP contribution in [-0.4, -0.2) is 144 Å². The Morgan fingerprint density at radius 3 is 1.35 bits per heavy atom. The monoisotopic (exact) mass is 1340 g/mol. The second-order valence-electron chi connectivity index (χ2n) is 22.5. The lowest BCUT2D eigenvalue weighted by Gasteiger charge is -2.29. The Morgan fingerprint density at radius 1 is 0.490 bits per heavy atom. The van der Waals surface area contributed by atoms with E-state index in [9.17, 15) is 43.2 Å². The number of amides is 6. The van der Waals surface area contributed by atoms with Crippen LogP contribution in [0.5, 0.6) is 0 Å². The van der Waals surface area contributed by atoms with E-state index in [1.807, 2.05) is 151 Å². The summed E-state index contributed by atoms with van der Waals surface area (Å²) in [5, 5.41) is 6.50. The molecule has 0 atom stereocenters. The number of aryl methyl sites for hydroxylation is 4. The molecule has 0 unspecified atom stereocenters. The first-order valence-electron chi connectivity index (χ1n) is 30.7. The summed E-state index contributed by atoms with van der Waals surface area (Å²) < 4.78 is 0. The lowest BCUT2D eigenvalue weighted by Crippen LogP contribution is -2.42. The van der Waals surface area contributed by atoms with Crippen molar-refractivity contribution in [3.05, 3.63) is 191 Å². The minimum atomic E-state index is -0.407. The van der Waals surface area contributed by atoms with Crippen LogP contribution in [-0.2, 0) is 54.5 Å². The van der Waals surface area contributed by atoms with E-state index < -0.39 is 5.56 Å². The molecular formula is C69H84N16O9S2. The number of benzene rings is 4. The zero-order valence-corrected chi connectivity index (χ0v) is 58.4. The number of thioether (sulfide) groups is 2. The van der Waals surface area contributed by atoms with Crippen LogP contribution in [0.25, 0.3) is 0 Å². The Labute approximate surface area is 567 Å². The van der Waals surface area contributed by atoms with Crippen LogP contribution < -0.4 is 56.7 Å². The van der Waals surface area contributed by atoms with Crippen LogP contribution in [0.4, 0.5) is 46.2 Å². The molecule has 0 saturated carbocycles. The van der Waals surface area contributed by atoms with E-state index in [2.05, 4.69) is 50.5 Å². The van der Waals surface area contributed by atoms with Gasteiger partial charge in [-0.1, -0.05) is 90.3 Å². The highest BCUT2D eigenvalue weighted by Gasteiger charge is 2.27. The Hall–Kier alpha value is -10.3. The molecule has 0 radical (unpaired) electrons. The number of nitrogens with one attached hydrogen (secondary N) is 5. The fourth-order valence-corrected chi connectivity index (χ4v) is 10.8. The molecule has 4 aromatic carbocycles. The summed E-state index contributed by atoms with van der Waals surface area (Å²) in [5.41, 5.74) is 8.30. The minimum Gasteiger partial charge on any atom is -0.362 e. The number of hydrogen-bond donors (Lipinski definition) is 5. The third-order valence-corrected chi connectivity index (χ3v) is 16.4. The van der Waals surface area contributed by atoms with E-state index >= 15 is 0 Å². The molecule has 27 heteroatoms. The molecule has 0 spiro atoms. The van der Waals surface area contributed by atoms with E-state index in [0.29, 0.717) is 81.9 Å². The van der Waals surface area contributed by atoms with Gasteiger partial charge in [-0.05, 0) is 114 Å². The van der Waals surface area contributed by atoms with Crippen molar-refractivity contribution >= 4 is 105 Å². The predicted molar refractivity (Wildman–Crippen MR) is 382 cm³/mol. The van der Waals surface area contributed by atoms with Gasteiger partial charge in [0.1, 0.15) is 12.4 Å². The number of aromatic amines is 3. The van der Waals surface area contributed by atoms with Crippen molar-refractivity contribution in [2.24, 2.45) is 0 Å². The fraction of sp³-hybridized carbons (Fsp3) is 0.333. The normalized spacial score (nSPS) is 11.2. The summed E-state index contributed by atoms with van der Waals surface area (Å²) in [6.45, 7) is 8.47. The van der Waals surface area contributed by atoms with Crippen LogP contribution in [0.3, 0.4) is 0 Å². The maximum absolute atomic E-state index is 12.7. The molecule has 5 heterocycles. The maximum atomic E-state index is 12.7. The number of carbonyl (C=O) groups is 6. The van der Waals surface area contributed by atoms with Crippen LogP contribution in [0.1, 0.15) is 77.6 Å². The highest BCUT2D eigenvalue weighted by molar-refractivity contribution is 7.98. The number of para-hydroxylation sites is 5. The topological polar surface area (TPSA) is 309 Å². The first-order chi connectivity index (χ1) is 45.7. The number of nitrogens with zero attached hydrogens (tertiary/aromatic N) is 11. The summed E-state index contributed by atoms with van der Waals surface area (Å²) >= 11 is 2.92. The lowest BCUT2D eigenvalue weighted by atomic mass is 10.1. The van der Waals surface area contributed by atoms with Crippen LogP contribution in [0, 0.1) is 27.7 Å². The number of H-pyrrole nitrogens is 3. The van der Waals surface area contributed by atoms with Gasteiger partial charge in [0.2, 0.25) is 47.3 Å². The second kappa shape index (κ2) is 35.8. The highest BCUT2D eigenvalue weighted by atomic mass is 32.2. The number of anilines is 8. The number of carbonyl (C=O) groups excluding carboxylic acids is 6. The third-order valence-electron chi connectivity index (χ3n) is 15.3. The molecule has 1 aliphatic rings. The minimum absolute atomic E-state index is 0.0288. The standard InChI is InChI=1S/C18H19N5O4.C18H24N4OS.C17H22N4O2.C16H19N3O2S/c1-10-12(17(27)22-18(19-10)20-11(2)24)7-8-16(26)23-9-15(25)21-13-5-3-4-6-14(13)23;1-13-15(17(21(2)3)20-18(19-13)24-5)11-12-16(23)22(4)14-9-7-6-8-10-14;1-12-14(16(23)19-17(18-12)20(2)3)10-11-15(22)21(4)13-8-6-5-7-9-13;1-11-13(15(21)18-16(17-11)22-3)9-10-14(20)19(2)12-7-5-4-6-8-12/h3-6H,7-9H2,1-2H3,(H,21,25)(H2,19,20,22,24,27);6-10H,11-12H2,1-5H3;5-9H,10-11H2,1-4H3,(H,18,19,23);4-8H,9-10H2,1-3H3,(H,17,18,21). The summed E-state index contributed by atoms with van der Waals surface area (Å²) in [5.74, 6) is 0.625. The molecule has 8 aromatic rings. The molecule has 6 amide bonds. The van der Waals surface area contributed by atoms with Crippen molar-refractivity contribution in [3.8, 4) is 0 Å². The summed E-state index contributed by atoms with van der Waals surface area (Å²) in [4.78, 5) is 149. The van der Waals surface area contributed by atoms with Crippen LogP contribution in [0.2, 0.25) is 0 Å². The molecule has 506 valence electrons. The smallest absolute Gasteiger partial charge is 0.255 e. The van der Waals surface area contributed by atoms with Gasteiger partial charge in [0.25, 0.3) is 16.7 Å². The van der Waals surface area contributed by atoms with E-state index in [4.69, 9.17) is 0 Å². The molecule has 96 heavy (non-hydrogen) atoms. The van der Waals surface area contributed by atoms with E-state index in [-0.39, 0.29) is 84.7 Å². The molecule has 0 saturated heterocycles. The first kappa shape index (κ1) is 74.8. The maximum Gasteiger partial charge on any atom is 0.255 e. The van der Waals surface area contributed by atoms with Crippen molar-refractivity contribution in [2.75, 3.05) is 108 Å². The fourth-order valence-electron chi connectivity index (χ4n) is 9.93. The Kier molecular flexibility index (Phi) is 27.9. The van der Waals surface area contributed by atoms with Gasteiger partial charge in [-0.15, -0.1) is 0 Å². The first-order valence-corrected chi connectivity index (χ1v) is 33.2. The molecule has 0 fully saturated rings. The van der Waals surface area contributed by atoms with Crippen molar-refractivity contribution in [3.63, 3.8) is 0 Å². The van der Waals surface area contributed by atoms with Gasteiger partial charge in [0.15, 0.2) is 10.3 Å². The summed E-state index contributed by atoms with van der Waals surface area (Å²) in [6, 6.07) is 35.6. The van der Waals surface area contributed by atoms with E-state index in [1.54, 1.807) is 78.7 Å². The third kappa shape index (κ3) is 21.1. The highest BCUT2D eigenvalue weighted by Crippen LogP contribution is 2.30. The van der Waals surface area contributed by atoms with Gasteiger partial charge in [-0.25, -0.2) is 24.9 Å². The van der Waals surface area contributed by atoms with Gasteiger partial charge >= 0.3 is 0 Å². The number of rotatable bonds is 20. The van der Waals surface area contributed by atoms with Crippen molar-refractivity contribution < 1.29 is 28.8 Å². The molecule has 5 N–H and O–H groups in total. The predicted octanol–water partition coefficient (Wildman–Crippen LogP) is 8.26. The van der Waals surface area contributed by atoms with Gasteiger partial charge in [0, 0.05) is 144 Å². The molecule has 25 nitrogen and oxygen atoms in total. The molecule has 0 bridgehead atoms. The van der Waals surface area contributed by atoms with Gasteiger partial charge in [-0.2, -0.15) is 0 Å². The van der Waals surface area contributed by atoms with Crippen molar-refractivity contribution in [1.82, 2.24) is 39.9 Å². The molecule has 1 aliphatic heterocycles. The number of fused-ring (bicyclic) bond motifs is 1. The summed E-state index contributed by atoms with van der Waals surface area (Å²) in [7, 11) is 12.8. The molecule has 9 rings (SSSR count). The molecule has 4 aromatic heterocycles. The number of aromatic nitrogens is 8. The van der Waals surface area contributed by atoms with E-state index in [0.717, 1.165) is 39.3 Å². The van der Waals surface area contributed by atoms with Crippen LogP contribution in [0.15, 0.2) is 140 Å². The molecular weight excluding hydrogens is 1260 g/mol. The Balaban J connectivity index is 0.000000203. The average molecular weight is 1350 g/mol. The average Bonchev–Trinajstić information content (AvgIpc) is 0.928. The van der Waals surface area contributed by atoms with Crippen molar-refractivity contribution in [1.29, 1.82) is 0 Å². The molecule has 0 aliphatic carbocycles. The van der Waals surface area contributed by atoms with Gasteiger partial charge in [0.05, 0.1) is 11.4 Å². The Bertz CT molecular complexity index is 4210.